The van der Waals surface area contributed by atoms with Crippen LogP contribution in [0, 0.1) is 0 Å². The lowest BCUT2D eigenvalue weighted by molar-refractivity contribution is -0.122. The predicted octanol–water partition coefficient (Wildman–Crippen LogP) is 1.83. The highest BCUT2D eigenvalue weighted by atomic mass is 35.5. The van der Waals surface area contributed by atoms with E-state index >= 15 is 0 Å². The van der Waals surface area contributed by atoms with Crippen molar-refractivity contribution in [2.45, 2.75) is 6.18 Å². The molecule has 0 aliphatic rings. The lowest BCUT2D eigenvalue weighted by Crippen LogP contribution is -2.44. The van der Waals surface area contributed by atoms with Crippen molar-refractivity contribution in [3.05, 3.63) is 29.3 Å². The Bertz CT molecular complexity index is 574. The molecule has 20 heavy (non-hydrogen) atoms. The molecule has 0 aromatic heterocycles. The largest absolute Gasteiger partial charge is 0.411 e. The summed E-state index contributed by atoms with van der Waals surface area (Å²) in [4.78, 5) is 10.9. The maximum absolute atomic E-state index is 11.8. The normalized spacial score (nSPS) is 11.8. The van der Waals surface area contributed by atoms with Gasteiger partial charge in [0.25, 0.3) is 0 Å². The molecule has 0 fully saturated rings. The Kier molecular flexibility index (Phi) is 5.06. The van der Waals surface area contributed by atoms with Crippen LogP contribution < -0.4 is 14.2 Å². The van der Waals surface area contributed by atoms with Crippen LogP contribution in [0.4, 0.5) is 18.0 Å². The van der Waals surface area contributed by atoms with Crippen LogP contribution >= 0.6 is 11.6 Å². The molecule has 1 rings (SSSR count). The Morgan fingerprint density at radius 3 is 2.30 bits per heavy atom. The maximum atomic E-state index is 11.8. The van der Waals surface area contributed by atoms with E-state index in [9.17, 15) is 26.4 Å². The Labute approximate surface area is 117 Å². The van der Waals surface area contributed by atoms with Gasteiger partial charge in [-0.3, -0.25) is 0 Å². The zero-order chi connectivity index (χ0) is 15.4. The Morgan fingerprint density at radius 1 is 1.25 bits per heavy atom. The monoisotopic (exact) mass is 332 g/mol. The van der Waals surface area contributed by atoms with Gasteiger partial charge >= 0.3 is 22.5 Å². The first kappa shape index (κ1) is 16.4. The second-order valence-electron chi connectivity index (χ2n) is 3.39. The van der Waals surface area contributed by atoms with Crippen molar-refractivity contribution in [1.82, 2.24) is 10.0 Å². The number of rotatable bonds is 4. The van der Waals surface area contributed by atoms with Crippen molar-refractivity contribution in [1.29, 1.82) is 0 Å². The standard InChI is InChI=1S/C9H8ClF3N2O4S/c10-6-1-3-7(4-2-6)19-20(17,18)15-8(16)14-5-9(11,12)13/h1-4H,5H2,(H2,14,15,16). The van der Waals surface area contributed by atoms with Gasteiger partial charge in [0.05, 0.1) is 0 Å². The van der Waals surface area contributed by atoms with Gasteiger partial charge in [-0.05, 0) is 24.3 Å². The Balaban J connectivity index is 2.57. The van der Waals surface area contributed by atoms with Gasteiger partial charge in [0.15, 0.2) is 0 Å². The highest BCUT2D eigenvalue weighted by Gasteiger charge is 2.28. The first-order valence-electron chi connectivity index (χ1n) is 4.90. The average Bonchev–Trinajstić information content (AvgIpc) is 2.28. The second kappa shape index (κ2) is 6.18. The summed E-state index contributed by atoms with van der Waals surface area (Å²) in [7, 11) is -4.59. The van der Waals surface area contributed by atoms with Crippen molar-refractivity contribution in [2.75, 3.05) is 6.54 Å². The second-order valence-corrected chi connectivity index (χ2v) is 5.11. The fraction of sp³-hybridized carbons (Fsp3) is 0.222. The van der Waals surface area contributed by atoms with Gasteiger partial charge < -0.3 is 9.50 Å². The van der Waals surface area contributed by atoms with Crippen LogP contribution in [0.25, 0.3) is 0 Å². The lowest BCUT2D eigenvalue weighted by atomic mass is 10.3. The number of carbonyl (C=O) groups is 1. The summed E-state index contributed by atoms with van der Waals surface area (Å²) < 4.78 is 63.7. The Hall–Kier alpha value is -1.68. The number of carbonyl (C=O) groups excluding carboxylic acids is 1. The number of hydrogen-bond donors (Lipinski definition) is 2. The van der Waals surface area contributed by atoms with Gasteiger partial charge in [0, 0.05) is 5.02 Å². The van der Waals surface area contributed by atoms with E-state index in [2.05, 4.69) is 4.18 Å². The summed E-state index contributed by atoms with van der Waals surface area (Å²) in [6, 6.07) is 3.51. The fourth-order valence-electron chi connectivity index (χ4n) is 0.968. The minimum atomic E-state index is -4.65. The van der Waals surface area contributed by atoms with Crippen LogP contribution in [-0.2, 0) is 10.3 Å². The maximum Gasteiger partial charge on any atom is 0.411 e. The lowest BCUT2D eigenvalue weighted by Gasteiger charge is -2.10. The highest BCUT2D eigenvalue weighted by molar-refractivity contribution is 7.85. The molecule has 6 nitrogen and oxygen atoms in total. The molecule has 0 bridgehead atoms. The van der Waals surface area contributed by atoms with Gasteiger partial charge in [-0.15, -0.1) is 0 Å². The van der Waals surface area contributed by atoms with E-state index in [-0.39, 0.29) is 5.75 Å². The molecule has 1 aromatic carbocycles. The molecule has 0 aliphatic heterocycles. The van der Waals surface area contributed by atoms with E-state index < -0.39 is 29.1 Å². The third-order valence-electron chi connectivity index (χ3n) is 1.69. The number of benzene rings is 1. The summed E-state index contributed by atoms with van der Waals surface area (Å²) in [6.07, 6.45) is -4.65. The van der Waals surface area contributed by atoms with Crippen LogP contribution in [-0.4, -0.2) is 27.2 Å². The van der Waals surface area contributed by atoms with Crippen molar-refractivity contribution < 1.29 is 30.6 Å². The number of nitrogens with one attached hydrogen (secondary N) is 2. The molecule has 0 aliphatic carbocycles. The average molecular weight is 333 g/mol. The van der Waals surface area contributed by atoms with E-state index in [1.807, 2.05) is 0 Å². The van der Waals surface area contributed by atoms with Crippen LogP contribution in [0.2, 0.25) is 5.02 Å². The number of halogens is 4. The molecule has 2 N–H and O–H groups in total. The molecule has 11 heteroatoms. The molecule has 0 spiro atoms. The quantitative estimate of drug-likeness (QED) is 0.881. The first-order chi connectivity index (χ1) is 9.07. The molecule has 0 unspecified atom stereocenters. The molecule has 0 saturated carbocycles. The van der Waals surface area contributed by atoms with Gasteiger partial charge in [-0.1, -0.05) is 11.6 Å². The summed E-state index contributed by atoms with van der Waals surface area (Å²) in [6.45, 7) is -1.67. The molecule has 0 radical (unpaired) electrons. The molecular weight excluding hydrogens is 325 g/mol. The van der Waals surface area contributed by atoms with Crippen molar-refractivity contribution in [2.24, 2.45) is 0 Å². The molecule has 2 amide bonds. The van der Waals surface area contributed by atoms with Gasteiger partial charge in [-0.2, -0.15) is 21.6 Å². The molecule has 0 heterocycles. The van der Waals surface area contributed by atoms with Crippen molar-refractivity contribution in [3.8, 4) is 5.75 Å². The van der Waals surface area contributed by atoms with E-state index in [0.29, 0.717) is 5.02 Å². The minimum absolute atomic E-state index is 0.162. The number of hydrogen-bond acceptors (Lipinski definition) is 4. The Morgan fingerprint density at radius 2 is 1.80 bits per heavy atom. The SMILES string of the molecule is O=C(NCC(F)(F)F)NS(=O)(=O)Oc1ccc(Cl)cc1. The topological polar surface area (TPSA) is 84.5 Å². The van der Waals surface area contributed by atoms with Crippen molar-refractivity contribution >= 4 is 27.9 Å². The predicted molar refractivity (Wildman–Crippen MR) is 63.6 cm³/mol. The molecule has 0 atom stereocenters. The third-order valence-corrected chi connectivity index (χ3v) is 2.79. The zero-order valence-electron chi connectivity index (χ0n) is 9.57. The number of alkyl halides is 3. The smallest absolute Gasteiger partial charge is 0.367 e. The molecule has 1 aromatic rings. The van der Waals surface area contributed by atoms with E-state index in [1.54, 1.807) is 0 Å². The summed E-state index contributed by atoms with van der Waals surface area (Å²) >= 11 is 5.56. The van der Waals surface area contributed by atoms with E-state index in [4.69, 9.17) is 11.6 Å². The van der Waals surface area contributed by atoms with E-state index in [1.165, 1.54) is 34.3 Å². The zero-order valence-corrected chi connectivity index (χ0v) is 11.1. The number of amides is 2. The fourth-order valence-corrected chi connectivity index (χ4v) is 1.80. The number of urea groups is 1. The highest BCUT2D eigenvalue weighted by Crippen LogP contribution is 2.16. The van der Waals surface area contributed by atoms with Gasteiger partial charge in [0.1, 0.15) is 12.3 Å². The van der Waals surface area contributed by atoms with Crippen molar-refractivity contribution in [3.63, 3.8) is 0 Å². The summed E-state index contributed by atoms with van der Waals surface area (Å²) in [5.41, 5.74) is 0. The van der Waals surface area contributed by atoms with Crippen LogP contribution in [0.1, 0.15) is 0 Å². The molecular formula is C9H8ClF3N2O4S. The minimum Gasteiger partial charge on any atom is -0.367 e. The third kappa shape index (κ3) is 6.48. The van der Waals surface area contributed by atoms with E-state index in [0.717, 1.165) is 0 Å². The molecule has 0 saturated heterocycles. The van der Waals surface area contributed by atoms with Crippen LogP contribution in [0.3, 0.4) is 0 Å². The molecule has 112 valence electrons. The van der Waals surface area contributed by atoms with Gasteiger partial charge in [0.2, 0.25) is 0 Å². The first-order valence-corrected chi connectivity index (χ1v) is 6.68. The summed E-state index contributed by atoms with van der Waals surface area (Å²) in [5.74, 6) is -0.162. The van der Waals surface area contributed by atoms with Crippen LogP contribution in [0.15, 0.2) is 24.3 Å². The summed E-state index contributed by atoms with van der Waals surface area (Å²) in [5, 5.41) is 1.64. The van der Waals surface area contributed by atoms with Gasteiger partial charge in [-0.25, -0.2) is 9.52 Å². The van der Waals surface area contributed by atoms with Crippen LogP contribution in [0.5, 0.6) is 5.75 Å².